The Labute approximate surface area is 86.0 Å². The number of rotatable bonds is 5. The van der Waals surface area contributed by atoms with Gasteiger partial charge < -0.3 is 4.43 Å². The molecule has 13 heavy (non-hydrogen) atoms. The van der Waals surface area contributed by atoms with Crippen LogP contribution < -0.4 is 0 Å². The minimum atomic E-state index is -1.34. The van der Waals surface area contributed by atoms with Crippen molar-refractivity contribution in [3.63, 3.8) is 0 Å². The van der Waals surface area contributed by atoms with Crippen molar-refractivity contribution in [3.05, 3.63) is 0 Å². The van der Waals surface area contributed by atoms with Gasteiger partial charge in [0.05, 0.1) is 8.07 Å². The van der Waals surface area contributed by atoms with Crippen LogP contribution in [0, 0.1) is 0 Å². The van der Waals surface area contributed by atoms with E-state index < -0.39 is 16.4 Å². The van der Waals surface area contributed by atoms with E-state index in [-0.39, 0.29) is 0 Å². The van der Waals surface area contributed by atoms with Gasteiger partial charge in [0, 0.05) is 5.73 Å². The molecule has 0 bridgehead atoms. The Morgan fingerprint density at radius 3 is 1.85 bits per heavy atom. The van der Waals surface area contributed by atoms with Gasteiger partial charge in [-0.1, -0.05) is 33.0 Å². The zero-order valence-corrected chi connectivity index (χ0v) is 12.4. The Kier molecular flexibility index (Phi) is 4.90. The van der Waals surface area contributed by atoms with Crippen LogP contribution in [0.15, 0.2) is 0 Å². The van der Waals surface area contributed by atoms with E-state index in [9.17, 15) is 0 Å². The molecule has 0 heterocycles. The van der Waals surface area contributed by atoms with E-state index in [0.29, 0.717) is 5.73 Å². The van der Waals surface area contributed by atoms with E-state index in [1.807, 2.05) is 0 Å². The predicted molar refractivity (Wildman–Crippen MR) is 66.5 cm³/mol. The van der Waals surface area contributed by atoms with E-state index in [1.165, 1.54) is 12.5 Å². The molecule has 0 aromatic heterocycles. The molecule has 1 nitrogen and oxygen atoms in total. The summed E-state index contributed by atoms with van der Waals surface area (Å²) in [5.41, 5.74) is 0.515. The highest BCUT2D eigenvalue weighted by Crippen LogP contribution is 2.20. The minimum Gasteiger partial charge on any atom is -0.418 e. The highest BCUT2D eigenvalue weighted by atomic mass is 28.4. The molecule has 0 aliphatic rings. The highest BCUT2D eigenvalue weighted by molar-refractivity contribution is 6.79. The quantitative estimate of drug-likeness (QED) is 0.636. The molecule has 0 rings (SSSR count). The first-order valence-corrected chi connectivity index (χ1v) is 12.1. The molecule has 3 heteroatoms. The van der Waals surface area contributed by atoms with E-state index in [0.717, 1.165) is 0 Å². The maximum Gasteiger partial charge on any atom is 0.186 e. The van der Waals surface area contributed by atoms with Crippen LogP contribution in [0.1, 0.15) is 20.3 Å². The number of hydrogen-bond donors (Lipinski definition) is 0. The van der Waals surface area contributed by atoms with Crippen LogP contribution in [0.2, 0.25) is 38.8 Å². The molecule has 0 aliphatic heterocycles. The maximum absolute atomic E-state index is 6.24. The van der Waals surface area contributed by atoms with Gasteiger partial charge in [-0.3, -0.25) is 0 Å². The molecule has 0 amide bonds. The lowest BCUT2D eigenvalue weighted by molar-refractivity contribution is 0.277. The van der Waals surface area contributed by atoms with Crippen molar-refractivity contribution in [1.82, 2.24) is 0 Å². The molecule has 0 aromatic rings. The Bertz CT molecular complexity index is 149. The van der Waals surface area contributed by atoms with Gasteiger partial charge in [-0.2, -0.15) is 0 Å². The third kappa shape index (κ3) is 5.65. The summed E-state index contributed by atoms with van der Waals surface area (Å²) in [7, 11) is -2.43. The van der Waals surface area contributed by atoms with Crippen LogP contribution in [0.25, 0.3) is 0 Å². The van der Waals surface area contributed by atoms with Gasteiger partial charge in [-0.25, -0.2) is 0 Å². The molecule has 0 aliphatic carbocycles. The van der Waals surface area contributed by atoms with Crippen LogP contribution in [0.5, 0.6) is 0 Å². The first kappa shape index (κ1) is 13.4. The molecule has 0 saturated heterocycles. The second-order valence-corrected chi connectivity index (χ2v) is 15.4. The third-order valence-electron chi connectivity index (χ3n) is 2.57. The second-order valence-electron chi connectivity index (χ2n) is 5.64. The van der Waals surface area contributed by atoms with E-state index >= 15 is 0 Å². The van der Waals surface area contributed by atoms with Crippen molar-refractivity contribution in [1.29, 1.82) is 0 Å². The van der Waals surface area contributed by atoms with Gasteiger partial charge in [0.1, 0.15) is 0 Å². The first-order chi connectivity index (χ1) is 5.69. The SMILES string of the molecule is CCC[Si](C)(C)OC(C)[Si](C)(C)C. The zero-order valence-electron chi connectivity index (χ0n) is 10.4. The fourth-order valence-electron chi connectivity index (χ4n) is 1.32. The lowest BCUT2D eigenvalue weighted by Gasteiger charge is -2.33. The molecule has 0 spiro atoms. The normalized spacial score (nSPS) is 15.9. The van der Waals surface area contributed by atoms with Crippen LogP contribution in [0.4, 0.5) is 0 Å². The molecular weight excluding hydrogens is 192 g/mol. The van der Waals surface area contributed by atoms with Crippen LogP contribution in [-0.2, 0) is 4.43 Å². The van der Waals surface area contributed by atoms with Gasteiger partial charge in [0.25, 0.3) is 0 Å². The first-order valence-electron chi connectivity index (χ1n) is 5.37. The molecule has 0 radical (unpaired) electrons. The van der Waals surface area contributed by atoms with Gasteiger partial charge in [0.15, 0.2) is 8.32 Å². The molecule has 1 unspecified atom stereocenters. The molecule has 0 aromatic carbocycles. The van der Waals surface area contributed by atoms with Crippen molar-refractivity contribution in [3.8, 4) is 0 Å². The predicted octanol–water partition coefficient (Wildman–Crippen LogP) is 3.88. The highest BCUT2D eigenvalue weighted by Gasteiger charge is 2.30. The standard InChI is InChI=1S/C10H26OSi2/c1-8-9-13(6,7)11-10(2)12(3,4)5/h10H,8-9H2,1-7H3. The molecule has 0 saturated carbocycles. The smallest absolute Gasteiger partial charge is 0.186 e. The largest absolute Gasteiger partial charge is 0.418 e. The minimum absolute atomic E-state index is 0.515. The lowest BCUT2D eigenvalue weighted by atomic mass is 10.6. The van der Waals surface area contributed by atoms with Crippen molar-refractivity contribution >= 4 is 16.4 Å². The average molecular weight is 218 g/mol. The van der Waals surface area contributed by atoms with Gasteiger partial charge >= 0.3 is 0 Å². The van der Waals surface area contributed by atoms with Crippen molar-refractivity contribution in [2.75, 3.05) is 0 Å². The van der Waals surface area contributed by atoms with Crippen LogP contribution in [0.3, 0.4) is 0 Å². The van der Waals surface area contributed by atoms with Crippen LogP contribution >= 0.6 is 0 Å². The maximum atomic E-state index is 6.24. The summed E-state index contributed by atoms with van der Waals surface area (Å²) in [6, 6.07) is 1.29. The Morgan fingerprint density at radius 2 is 1.54 bits per heavy atom. The Balaban J connectivity index is 4.11. The molecule has 0 N–H and O–H groups in total. The fourth-order valence-corrected chi connectivity index (χ4v) is 5.97. The molecular formula is C10H26OSi2. The van der Waals surface area contributed by atoms with Crippen molar-refractivity contribution in [2.24, 2.45) is 0 Å². The van der Waals surface area contributed by atoms with Gasteiger partial charge in [-0.05, 0) is 26.1 Å². The van der Waals surface area contributed by atoms with Crippen molar-refractivity contribution < 1.29 is 4.43 Å². The van der Waals surface area contributed by atoms with Crippen molar-refractivity contribution in [2.45, 2.75) is 64.8 Å². The summed E-state index contributed by atoms with van der Waals surface area (Å²) in [6.45, 7) is 16.3. The van der Waals surface area contributed by atoms with E-state index in [2.05, 4.69) is 46.6 Å². The topological polar surface area (TPSA) is 9.23 Å². The summed E-state index contributed by atoms with van der Waals surface area (Å²) in [6.07, 6.45) is 1.26. The Morgan fingerprint density at radius 1 is 1.08 bits per heavy atom. The molecule has 80 valence electrons. The summed E-state index contributed by atoms with van der Waals surface area (Å²) in [5.74, 6) is 0. The zero-order chi connectivity index (χ0) is 10.7. The summed E-state index contributed by atoms with van der Waals surface area (Å²) in [4.78, 5) is 0. The number of hydrogen-bond acceptors (Lipinski definition) is 1. The fraction of sp³-hybridized carbons (Fsp3) is 1.00. The average Bonchev–Trinajstić information content (AvgIpc) is 1.83. The monoisotopic (exact) mass is 218 g/mol. The van der Waals surface area contributed by atoms with Gasteiger partial charge in [0.2, 0.25) is 0 Å². The van der Waals surface area contributed by atoms with E-state index in [1.54, 1.807) is 0 Å². The third-order valence-corrected chi connectivity index (χ3v) is 8.06. The summed E-state index contributed by atoms with van der Waals surface area (Å²) < 4.78 is 6.24. The van der Waals surface area contributed by atoms with Crippen LogP contribution in [-0.4, -0.2) is 22.1 Å². The lowest BCUT2D eigenvalue weighted by Crippen LogP contribution is -2.45. The van der Waals surface area contributed by atoms with Gasteiger partial charge in [-0.15, -0.1) is 0 Å². The van der Waals surface area contributed by atoms with E-state index in [4.69, 9.17) is 4.43 Å². The summed E-state index contributed by atoms with van der Waals surface area (Å²) >= 11 is 0. The molecule has 0 fully saturated rings. The Hall–Kier alpha value is 0.394. The summed E-state index contributed by atoms with van der Waals surface area (Å²) in [5, 5.41) is 0. The second kappa shape index (κ2) is 4.76. The molecule has 1 atom stereocenters.